The molecule has 0 unspecified atom stereocenters. The first-order valence-electron chi connectivity index (χ1n) is 4.18. The van der Waals surface area contributed by atoms with Crippen molar-refractivity contribution in [2.75, 3.05) is 6.61 Å². The minimum absolute atomic E-state index is 0.522. The van der Waals surface area contributed by atoms with E-state index in [1.165, 1.54) is 0 Å². The summed E-state index contributed by atoms with van der Waals surface area (Å²) < 4.78 is 5.28. The van der Waals surface area contributed by atoms with Crippen molar-refractivity contribution in [2.24, 2.45) is 0 Å². The van der Waals surface area contributed by atoms with Crippen molar-refractivity contribution in [1.82, 2.24) is 9.97 Å². The smallest absolute Gasteiger partial charge is 0.153 e. The van der Waals surface area contributed by atoms with Crippen LogP contribution in [0, 0.1) is 6.92 Å². The molecule has 1 aromatic heterocycles. The van der Waals surface area contributed by atoms with Gasteiger partial charge in [-0.1, -0.05) is 6.92 Å². The van der Waals surface area contributed by atoms with Crippen LogP contribution in [0.3, 0.4) is 0 Å². The third-order valence-corrected chi connectivity index (χ3v) is 1.41. The van der Waals surface area contributed by atoms with Crippen molar-refractivity contribution in [3.63, 3.8) is 0 Å². The fourth-order valence-electron chi connectivity index (χ4n) is 0.802. The molecular weight excluding hydrogens is 152 g/mol. The molecule has 66 valence electrons. The highest BCUT2D eigenvalue weighted by Gasteiger charge is 1.94. The summed E-state index contributed by atoms with van der Waals surface area (Å²) in [6.45, 7) is 5.35. The van der Waals surface area contributed by atoms with Gasteiger partial charge in [-0.05, 0) is 18.9 Å². The van der Waals surface area contributed by atoms with Crippen LogP contribution in [0.1, 0.15) is 24.7 Å². The largest absolute Gasteiger partial charge is 0.373 e. The number of nitrogens with zero attached hydrogens (tertiary/aromatic N) is 2. The highest BCUT2D eigenvalue weighted by molar-refractivity contribution is 5.01. The van der Waals surface area contributed by atoms with Crippen LogP contribution in [-0.4, -0.2) is 16.6 Å². The van der Waals surface area contributed by atoms with Gasteiger partial charge in [-0.3, -0.25) is 0 Å². The lowest BCUT2D eigenvalue weighted by atomic mass is 10.4. The zero-order valence-electron chi connectivity index (χ0n) is 7.58. The molecule has 0 fully saturated rings. The van der Waals surface area contributed by atoms with E-state index >= 15 is 0 Å². The second-order valence-electron chi connectivity index (χ2n) is 2.73. The molecule has 3 nitrogen and oxygen atoms in total. The fraction of sp³-hybridized carbons (Fsp3) is 0.556. The van der Waals surface area contributed by atoms with Crippen molar-refractivity contribution in [3.05, 3.63) is 23.8 Å². The Hall–Kier alpha value is -0.960. The van der Waals surface area contributed by atoms with Gasteiger partial charge in [0.25, 0.3) is 0 Å². The van der Waals surface area contributed by atoms with Gasteiger partial charge >= 0.3 is 0 Å². The molecule has 0 atom stereocenters. The first-order chi connectivity index (χ1) is 5.83. The predicted octanol–water partition coefficient (Wildman–Crippen LogP) is 1.71. The minimum Gasteiger partial charge on any atom is -0.373 e. The Morgan fingerprint density at radius 2 is 2.00 bits per heavy atom. The van der Waals surface area contributed by atoms with Crippen LogP contribution >= 0.6 is 0 Å². The van der Waals surface area contributed by atoms with Gasteiger partial charge < -0.3 is 4.74 Å². The molecule has 1 heterocycles. The van der Waals surface area contributed by atoms with Gasteiger partial charge in [0, 0.05) is 19.0 Å². The van der Waals surface area contributed by atoms with Crippen molar-refractivity contribution >= 4 is 0 Å². The van der Waals surface area contributed by atoms with Gasteiger partial charge in [0.2, 0.25) is 0 Å². The van der Waals surface area contributed by atoms with E-state index < -0.39 is 0 Å². The molecule has 0 aliphatic rings. The van der Waals surface area contributed by atoms with Gasteiger partial charge in [-0.15, -0.1) is 0 Å². The standard InChI is InChI=1S/C9H14N2O/c1-3-4-12-7-9-10-5-8(2)6-11-9/h5-6H,3-4,7H2,1-2H3. The molecular formula is C9H14N2O. The number of rotatable bonds is 4. The summed E-state index contributed by atoms with van der Waals surface area (Å²) in [4.78, 5) is 8.23. The number of hydrogen-bond donors (Lipinski definition) is 0. The molecule has 1 aromatic rings. The van der Waals surface area contributed by atoms with Gasteiger partial charge in [0.15, 0.2) is 5.82 Å². The third kappa shape index (κ3) is 2.96. The normalized spacial score (nSPS) is 10.2. The average molecular weight is 166 g/mol. The maximum absolute atomic E-state index is 5.28. The zero-order chi connectivity index (χ0) is 8.81. The van der Waals surface area contributed by atoms with Gasteiger partial charge in [-0.2, -0.15) is 0 Å². The monoisotopic (exact) mass is 166 g/mol. The molecule has 3 heteroatoms. The Balaban J connectivity index is 2.37. The maximum atomic E-state index is 5.28. The van der Waals surface area contributed by atoms with E-state index in [1.54, 1.807) is 12.4 Å². The maximum Gasteiger partial charge on any atom is 0.153 e. The van der Waals surface area contributed by atoms with E-state index in [4.69, 9.17) is 4.74 Å². The second-order valence-corrected chi connectivity index (χ2v) is 2.73. The molecule has 12 heavy (non-hydrogen) atoms. The van der Waals surface area contributed by atoms with Gasteiger partial charge in [-0.25, -0.2) is 9.97 Å². The number of ether oxygens (including phenoxy) is 1. The molecule has 0 aromatic carbocycles. The Bertz CT molecular complexity index is 220. The molecule has 0 saturated heterocycles. The van der Waals surface area contributed by atoms with Gasteiger partial charge in [0.05, 0.1) is 0 Å². The van der Waals surface area contributed by atoms with E-state index in [9.17, 15) is 0 Å². The van der Waals surface area contributed by atoms with Crippen LogP contribution < -0.4 is 0 Å². The van der Waals surface area contributed by atoms with Crippen molar-refractivity contribution in [3.8, 4) is 0 Å². The lowest BCUT2D eigenvalue weighted by Crippen LogP contribution is -1.99. The summed E-state index contributed by atoms with van der Waals surface area (Å²) in [7, 11) is 0. The number of aromatic nitrogens is 2. The SMILES string of the molecule is CCCOCc1ncc(C)cn1. The Morgan fingerprint density at radius 1 is 1.33 bits per heavy atom. The lowest BCUT2D eigenvalue weighted by Gasteiger charge is -2.00. The minimum atomic E-state index is 0.522. The van der Waals surface area contributed by atoms with Crippen molar-refractivity contribution in [1.29, 1.82) is 0 Å². The topological polar surface area (TPSA) is 35.0 Å². The molecule has 0 saturated carbocycles. The van der Waals surface area contributed by atoms with Gasteiger partial charge in [0.1, 0.15) is 6.61 Å². The Kier molecular flexibility index (Phi) is 3.67. The summed E-state index contributed by atoms with van der Waals surface area (Å²) in [6, 6.07) is 0. The van der Waals surface area contributed by atoms with Crippen LogP contribution in [-0.2, 0) is 11.3 Å². The summed E-state index contributed by atoms with van der Waals surface area (Å²) >= 11 is 0. The summed E-state index contributed by atoms with van der Waals surface area (Å²) in [6.07, 6.45) is 4.64. The van der Waals surface area contributed by atoms with Crippen LogP contribution in [0.25, 0.3) is 0 Å². The number of hydrogen-bond acceptors (Lipinski definition) is 3. The van der Waals surface area contributed by atoms with Crippen LogP contribution in [0.2, 0.25) is 0 Å². The third-order valence-electron chi connectivity index (χ3n) is 1.41. The van der Waals surface area contributed by atoms with E-state index in [2.05, 4.69) is 16.9 Å². The predicted molar refractivity (Wildman–Crippen MR) is 46.7 cm³/mol. The van der Waals surface area contributed by atoms with E-state index in [1.807, 2.05) is 6.92 Å². The van der Waals surface area contributed by atoms with E-state index in [-0.39, 0.29) is 0 Å². The summed E-state index contributed by atoms with van der Waals surface area (Å²) in [5, 5.41) is 0. The lowest BCUT2D eigenvalue weighted by molar-refractivity contribution is 0.116. The Labute approximate surface area is 72.8 Å². The fourth-order valence-corrected chi connectivity index (χ4v) is 0.802. The molecule has 0 aliphatic heterocycles. The second kappa shape index (κ2) is 4.83. The summed E-state index contributed by atoms with van der Waals surface area (Å²) in [5.74, 6) is 0.758. The molecule has 1 rings (SSSR count). The van der Waals surface area contributed by atoms with E-state index in [0.29, 0.717) is 6.61 Å². The van der Waals surface area contributed by atoms with Crippen LogP contribution in [0.5, 0.6) is 0 Å². The summed E-state index contributed by atoms with van der Waals surface area (Å²) in [5.41, 5.74) is 1.08. The molecule has 0 N–H and O–H groups in total. The van der Waals surface area contributed by atoms with Crippen molar-refractivity contribution in [2.45, 2.75) is 26.9 Å². The zero-order valence-corrected chi connectivity index (χ0v) is 7.58. The highest BCUT2D eigenvalue weighted by atomic mass is 16.5. The number of aryl methyl sites for hydroxylation is 1. The highest BCUT2D eigenvalue weighted by Crippen LogP contribution is 1.95. The molecule has 0 spiro atoms. The Morgan fingerprint density at radius 3 is 2.58 bits per heavy atom. The molecule has 0 radical (unpaired) electrons. The molecule has 0 amide bonds. The quantitative estimate of drug-likeness (QED) is 0.639. The molecule has 0 aliphatic carbocycles. The average Bonchev–Trinajstić information content (AvgIpc) is 2.09. The first-order valence-corrected chi connectivity index (χ1v) is 4.18. The first kappa shape index (κ1) is 9.13. The van der Waals surface area contributed by atoms with Crippen LogP contribution in [0.4, 0.5) is 0 Å². The van der Waals surface area contributed by atoms with Crippen LogP contribution in [0.15, 0.2) is 12.4 Å². The van der Waals surface area contributed by atoms with Crippen molar-refractivity contribution < 1.29 is 4.74 Å². The molecule has 0 bridgehead atoms. The van der Waals surface area contributed by atoms with E-state index in [0.717, 1.165) is 24.4 Å².